The Morgan fingerprint density at radius 3 is 2.77 bits per heavy atom. The van der Waals surface area contributed by atoms with E-state index < -0.39 is 0 Å². The third-order valence-corrected chi connectivity index (χ3v) is 4.78. The monoisotopic (exact) mass is 369 g/mol. The Morgan fingerprint density at radius 1 is 1.15 bits per heavy atom. The van der Waals surface area contributed by atoms with Crippen molar-refractivity contribution in [2.45, 2.75) is 11.7 Å². The van der Waals surface area contributed by atoms with Crippen molar-refractivity contribution in [3.63, 3.8) is 0 Å². The number of fused-ring (bicyclic) bond motifs is 1. The molecule has 9 heteroatoms. The summed E-state index contributed by atoms with van der Waals surface area (Å²) in [5, 5.41) is 12.5. The first-order chi connectivity index (χ1) is 12.8. The van der Waals surface area contributed by atoms with Crippen LogP contribution in [0.2, 0.25) is 0 Å². The van der Waals surface area contributed by atoms with Crippen molar-refractivity contribution >= 4 is 22.9 Å². The fourth-order valence-corrected chi connectivity index (χ4v) is 3.42. The summed E-state index contributed by atoms with van der Waals surface area (Å²) >= 11 is 1.47. The summed E-state index contributed by atoms with van der Waals surface area (Å²) in [7, 11) is 1.62. The highest BCUT2D eigenvalue weighted by Crippen LogP contribution is 2.21. The molecule has 0 aliphatic heterocycles. The smallest absolute Gasteiger partial charge is 0.419 e. The average molecular weight is 369 g/mol. The van der Waals surface area contributed by atoms with Crippen molar-refractivity contribution in [3.8, 4) is 11.4 Å². The number of rotatable bonds is 6. The maximum atomic E-state index is 12.0. The van der Waals surface area contributed by atoms with Gasteiger partial charge in [0.25, 0.3) is 0 Å². The molecule has 0 aliphatic rings. The molecule has 2 heterocycles. The van der Waals surface area contributed by atoms with Gasteiger partial charge in [-0.1, -0.05) is 23.9 Å². The van der Waals surface area contributed by atoms with E-state index in [0.717, 1.165) is 17.0 Å². The molecule has 0 saturated carbocycles. The molecular weight excluding hydrogens is 354 g/mol. The molecule has 2 aromatic heterocycles. The minimum Gasteiger partial charge on any atom is -0.497 e. The molecule has 4 rings (SSSR count). The first-order valence-corrected chi connectivity index (χ1v) is 8.89. The van der Waals surface area contributed by atoms with Gasteiger partial charge in [-0.2, -0.15) is 4.68 Å². The first-order valence-electron chi connectivity index (χ1n) is 7.90. The van der Waals surface area contributed by atoms with E-state index in [1.807, 2.05) is 42.5 Å². The maximum Gasteiger partial charge on any atom is 0.419 e. The standard InChI is InChI=1S/C17H15N5O3S/c1-24-13-8-6-12(7-9-13)22-16(18-19-20-22)26-11-10-21-14-4-2-3-5-15(14)25-17(21)23/h2-9H,10-11H2,1H3. The number of ether oxygens (including phenoxy) is 1. The minimum absolute atomic E-state index is 0.360. The van der Waals surface area contributed by atoms with Crippen LogP contribution >= 0.6 is 11.8 Å². The summed E-state index contributed by atoms with van der Waals surface area (Å²) in [5.74, 6) is 1.03. The van der Waals surface area contributed by atoms with Crippen molar-refractivity contribution in [2.75, 3.05) is 12.9 Å². The number of aryl methyl sites for hydroxylation is 1. The van der Waals surface area contributed by atoms with Crippen LogP contribution in [0.1, 0.15) is 0 Å². The van der Waals surface area contributed by atoms with Crippen LogP contribution in [0.4, 0.5) is 0 Å². The fourth-order valence-electron chi connectivity index (χ4n) is 2.61. The number of tetrazole rings is 1. The van der Waals surface area contributed by atoms with E-state index >= 15 is 0 Å². The van der Waals surface area contributed by atoms with Gasteiger partial charge in [-0.15, -0.1) is 5.10 Å². The second-order valence-corrected chi connectivity index (χ2v) is 6.47. The summed E-state index contributed by atoms with van der Waals surface area (Å²) in [4.78, 5) is 12.0. The molecule has 0 aliphatic carbocycles. The number of thioether (sulfide) groups is 1. The second kappa shape index (κ2) is 7.04. The number of hydrogen-bond donors (Lipinski definition) is 0. The van der Waals surface area contributed by atoms with Gasteiger partial charge in [-0.05, 0) is 46.8 Å². The lowest BCUT2D eigenvalue weighted by molar-refractivity contribution is 0.414. The van der Waals surface area contributed by atoms with Gasteiger partial charge in [-0.25, -0.2) is 4.79 Å². The van der Waals surface area contributed by atoms with E-state index in [0.29, 0.717) is 23.0 Å². The van der Waals surface area contributed by atoms with E-state index in [1.165, 1.54) is 11.8 Å². The summed E-state index contributed by atoms with van der Waals surface area (Å²) in [6, 6.07) is 14.8. The third-order valence-electron chi connectivity index (χ3n) is 3.88. The van der Waals surface area contributed by atoms with Gasteiger partial charge in [0.1, 0.15) is 5.75 Å². The quantitative estimate of drug-likeness (QED) is 0.482. The zero-order valence-electron chi connectivity index (χ0n) is 13.9. The molecule has 8 nitrogen and oxygen atoms in total. The van der Waals surface area contributed by atoms with Crippen molar-refractivity contribution in [1.82, 2.24) is 24.8 Å². The van der Waals surface area contributed by atoms with Crippen molar-refractivity contribution in [1.29, 1.82) is 0 Å². The summed E-state index contributed by atoms with van der Waals surface area (Å²) in [6.07, 6.45) is 0. The van der Waals surface area contributed by atoms with Crippen LogP contribution in [0.5, 0.6) is 5.75 Å². The molecule has 4 aromatic rings. The van der Waals surface area contributed by atoms with Crippen LogP contribution in [0.25, 0.3) is 16.8 Å². The summed E-state index contributed by atoms with van der Waals surface area (Å²) in [5.41, 5.74) is 2.21. The number of nitrogens with zero attached hydrogens (tertiary/aromatic N) is 5. The molecule has 0 bridgehead atoms. The lowest BCUT2D eigenvalue weighted by atomic mass is 10.3. The largest absolute Gasteiger partial charge is 0.497 e. The number of hydrogen-bond acceptors (Lipinski definition) is 7. The Labute approximate surface area is 152 Å². The number of para-hydroxylation sites is 2. The van der Waals surface area contributed by atoms with Gasteiger partial charge in [0.2, 0.25) is 5.16 Å². The summed E-state index contributed by atoms with van der Waals surface area (Å²) in [6.45, 7) is 0.496. The Bertz CT molecular complexity index is 1080. The lowest BCUT2D eigenvalue weighted by Gasteiger charge is -2.06. The normalized spacial score (nSPS) is 11.1. The van der Waals surface area contributed by atoms with Crippen molar-refractivity contribution in [3.05, 3.63) is 59.1 Å². The zero-order valence-corrected chi connectivity index (χ0v) is 14.7. The molecule has 0 saturated heterocycles. The van der Waals surface area contributed by atoms with Crippen LogP contribution < -0.4 is 10.5 Å². The molecular formula is C17H15N5O3S. The molecule has 2 aromatic carbocycles. The van der Waals surface area contributed by atoms with E-state index in [-0.39, 0.29) is 5.76 Å². The summed E-state index contributed by atoms with van der Waals surface area (Å²) < 4.78 is 13.7. The van der Waals surface area contributed by atoms with Gasteiger partial charge < -0.3 is 9.15 Å². The van der Waals surface area contributed by atoms with Crippen molar-refractivity contribution < 1.29 is 9.15 Å². The van der Waals surface area contributed by atoms with E-state index in [9.17, 15) is 4.79 Å². The molecule has 0 atom stereocenters. The Kier molecular flexibility index (Phi) is 4.44. The molecule has 0 fully saturated rings. The second-order valence-electron chi connectivity index (χ2n) is 5.41. The van der Waals surface area contributed by atoms with E-state index in [1.54, 1.807) is 22.4 Å². The Morgan fingerprint density at radius 2 is 1.96 bits per heavy atom. The highest BCUT2D eigenvalue weighted by Gasteiger charge is 2.12. The van der Waals surface area contributed by atoms with Gasteiger partial charge in [0, 0.05) is 12.3 Å². The van der Waals surface area contributed by atoms with Crippen LogP contribution in [-0.4, -0.2) is 37.6 Å². The molecule has 0 radical (unpaired) electrons. The molecule has 0 N–H and O–H groups in total. The average Bonchev–Trinajstić information content (AvgIpc) is 3.26. The third kappa shape index (κ3) is 3.08. The first kappa shape index (κ1) is 16.4. The Balaban J connectivity index is 1.49. The van der Waals surface area contributed by atoms with Gasteiger partial charge in [0.05, 0.1) is 18.3 Å². The predicted octanol–water partition coefficient (Wildman–Crippen LogP) is 2.37. The topological polar surface area (TPSA) is 88.0 Å². The molecule has 0 amide bonds. The molecule has 0 spiro atoms. The fraction of sp³-hybridized carbons (Fsp3) is 0.176. The van der Waals surface area contributed by atoms with Crippen LogP contribution in [0.3, 0.4) is 0 Å². The Hall–Kier alpha value is -3.07. The number of oxazole rings is 1. The highest BCUT2D eigenvalue weighted by molar-refractivity contribution is 7.99. The minimum atomic E-state index is -0.360. The van der Waals surface area contributed by atoms with Crippen LogP contribution in [-0.2, 0) is 6.54 Å². The van der Waals surface area contributed by atoms with Crippen molar-refractivity contribution in [2.24, 2.45) is 0 Å². The number of methoxy groups -OCH3 is 1. The lowest BCUT2D eigenvalue weighted by Crippen LogP contribution is -2.15. The van der Waals surface area contributed by atoms with Gasteiger partial charge in [0.15, 0.2) is 5.58 Å². The van der Waals surface area contributed by atoms with Crippen LogP contribution in [0.15, 0.2) is 62.9 Å². The SMILES string of the molecule is COc1ccc(-n2nnnc2SCCn2c(=O)oc3ccccc32)cc1. The highest BCUT2D eigenvalue weighted by atomic mass is 32.2. The van der Waals surface area contributed by atoms with E-state index in [4.69, 9.17) is 9.15 Å². The molecule has 26 heavy (non-hydrogen) atoms. The van der Waals surface area contributed by atoms with Gasteiger partial charge >= 0.3 is 5.76 Å². The molecule has 0 unspecified atom stereocenters. The molecule has 132 valence electrons. The zero-order chi connectivity index (χ0) is 17.9. The maximum absolute atomic E-state index is 12.0. The number of aromatic nitrogens is 5. The predicted molar refractivity (Wildman–Crippen MR) is 96.9 cm³/mol. The van der Waals surface area contributed by atoms with Gasteiger partial charge in [-0.3, -0.25) is 4.57 Å². The van der Waals surface area contributed by atoms with Crippen LogP contribution in [0, 0.1) is 0 Å². The van der Waals surface area contributed by atoms with E-state index in [2.05, 4.69) is 15.5 Å². The number of benzene rings is 2.